The molecular weight excluding hydrogens is 282 g/mol. The van der Waals surface area contributed by atoms with Gasteiger partial charge in [-0.15, -0.1) is 0 Å². The molecule has 0 amide bonds. The molecule has 0 aliphatic carbocycles. The van der Waals surface area contributed by atoms with Crippen molar-refractivity contribution in [3.8, 4) is 0 Å². The molecule has 1 N–H and O–H groups in total. The fourth-order valence-electron chi connectivity index (χ4n) is 3.98. The van der Waals surface area contributed by atoms with Gasteiger partial charge in [-0.2, -0.15) is 0 Å². The lowest BCUT2D eigenvalue weighted by Gasteiger charge is -2.30. The van der Waals surface area contributed by atoms with Crippen molar-refractivity contribution in [3.63, 3.8) is 0 Å². The van der Waals surface area contributed by atoms with E-state index in [1.54, 1.807) is 5.56 Å². The van der Waals surface area contributed by atoms with E-state index < -0.39 is 0 Å². The highest BCUT2D eigenvalue weighted by molar-refractivity contribution is 5.28. The molecule has 1 atom stereocenters. The molecule has 23 heavy (non-hydrogen) atoms. The second kappa shape index (κ2) is 8.81. The Balaban J connectivity index is 1.35. The Bertz CT molecular complexity index is 466. The summed E-state index contributed by atoms with van der Waals surface area (Å²) < 4.78 is 0. The van der Waals surface area contributed by atoms with Crippen molar-refractivity contribution < 1.29 is 0 Å². The van der Waals surface area contributed by atoms with E-state index in [0.29, 0.717) is 6.04 Å². The largest absolute Gasteiger partial charge is 0.312 e. The van der Waals surface area contributed by atoms with Gasteiger partial charge in [-0.3, -0.25) is 4.90 Å². The molecule has 1 fully saturated rings. The van der Waals surface area contributed by atoms with Crippen LogP contribution in [-0.4, -0.2) is 55.1 Å². The van der Waals surface area contributed by atoms with E-state index in [2.05, 4.69) is 46.3 Å². The second-order valence-electron chi connectivity index (χ2n) is 7.36. The Kier molecular flexibility index (Phi) is 6.49. The fraction of sp³-hybridized carbons (Fsp3) is 0.700. The number of nitrogens with zero attached hydrogens (tertiary/aromatic N) is 2. The highest BCUT2D eigenvalue weighted by Gasteiger charge is 2.16. The van der Waals surface area contributed by atoms with Crippen LogP contribution in [-0.2, 0) is 13.0 Å². The predicted octanol–water partition coefficient (Wildman–Crippen LogP) is 2.90. The first-order valence-electron chi connectivity index (χ1n) is 9.56. The van der Waals surface area contributed by atoms with Gasteiger partial charge in [0.15, 0.2) is 0 Å². The zero-order valence-corrected chi connectivity index (χ0v) is 14.8. The number of fused-ring (bicyclic) bond motifs is 1. The molecule has 0 bridgehead atoms. The molecule has 0 aromatic heterocycles. The molecule has 3 heteroatoms. The van der Waals surface area contributed by atoms with Crippen molar-refractivity contribution in [3.05, 3.63) is 35.4 Å². The fourth-order valence-corrected chi connectivity index (χ4v) is 3.98. The lowest BCUT2D eigenvalue weighted by molar-refractivity contribution is 0.232. The Hall–Kier alpha value is -0.900. The van der Waals surface area contributed by atoms with E-state index in [0.717, 1.165) is 13.1 Å². The van der Waals surface area contributed by atoms with Gasteiger partial charge in [-0.1, -0.05) is 37.1 Å². The second-order valence-corrected chi connectivity index (χ2v) is 7.36. The van der Waals surface area contributed by atoms with Gasteiger partial charge in [0.2, 0.25) is 0 Å². The average molecular weight is 316 g/mol. The molecule has 3 rings (SSSR count). The Morgan fingerprint density at radius 2 is 1.70 bits per heavy atom. The Morgan fingerprint density at radius 3 is 2.48 bits per heavy atom. The number of likely N-dealkylation sites (tertiary alicyclic amines) is 1. The maximum absolute atomic E-state index is 3.74. The third-order valence-electron chi connectivity index (χ3n) is 5.36. The van der Waals surface area contributed by atoms with Crippen LogP contribution in [0.25, 0.3) is 0 Å². The maximum atomic E-state index is 3.74. The summed E-state index contributed by atoms with van der Waals surface area (Å²) in [6.45, 7) is 10.8. The van der Waals surface area contributed by atoms with Gasteiger partial charge in [-0.05, 0) is 50.4 Å². The molecule has 0 saturated carbocycles. The molecule has 2 heterocycles. The van der Waals surface area contributed by atoms with Crippen molar-refractivity contribution in [2.24, 2.45) is 0 Å². The quantitative estimate of drug-likeness (QED) is 0.871. The van der Waals surface area contributed by atoms with Crippen LogP contribution in [0.3, 0.4) is 0 Å². The molecule has 2 aliphatic heterocycles. The van der Waals surface area contributed by atoms with Crippen LogP contribution in [0.4, 0.5) is 0 Å². The summed E-state index contributed by atoms with van der Waals surface area (Å²) in [6, 6.07) is 9.51. The highest BCUT2D eigenvalue weighted by Crippen LogP contribution is 2.17. The van der Waals surface area contributed by atoms with Gasteiger partial charge in [0.1, 0.15) is 0 Å². The monoisotopic (exact) mass is 315 g/mol. The third-order valence-corrected chi connectivity index (χ3v) is 5.36. The van der Waals surface area contributed by atoms with Crippen molar-refractivity contribution in [1.29, 1.82) is 0 Å². The van der Waals surface area contributed by atoms with E-state index in [-0.39, 0.29) is 0 Å². The van der Waals surface area contributed by atoms with Crippen molar-refractivity contribution in [2.75, 3.05) is 39.3 Å². The molecule has 128 valence electrons. The molecule has 1 aromatic rings. The van der Waals surface area contributed by atoms with Crippen LogP contribution in [0.5, 0.6) is 0 Å². The number of benzene rings is 1. The molecule has 1 aromatic carbocycles. The minimum absolute atomic E-state index is 0.602. The normalized spacial score (nSPS) is 21.6. The van der Waals surface area contributed by atoms with E-state index in [1.807, 2.05) is 0 Å². The third kappa shape index (κ3) is 5.30. The predicted molar refractivity (Wildman–Crippen MR) is 97.8 cm³/mol. The summed E-state index contributed by atoms with van der Waals surface area (Å²) in [5.41, 5.74) is 3.07. The van der Waals surface area contributed by atoms with Crippen LogP contribution in [0.2, 0.25) is 0 Å². The molecule has 0 radical (unpaired) electrons. The number of hydrogen-bond donors (Lipinski definition) is 1. The molecule has 1 unspecified atom stereocenters. The summed E-state index contributed by atoms with van der Waals surface area (Å²) >= 11 is 0. The number of nitrogens with one attached hydrogen (secondary N) is 1. The van der Waals surface area contributed by atoms with E-state index >= 15 is 0 Å². The summed E-state index contributed by atoms with van der Waals surface area (Å²) in [6.07, 6.45) is 6.84. The van der Waals surface area contributed by atoms with Crippen LogP contribution in [0.1, 0.15) is 43.7 Å². The summed E-state index contributed by atoms with van der Waals surface area (Å²) in [4.78, 5) is 5.25. The minimum Gasteiger partial charge on any atom is -0.312 e. The van der Waals surface area contributed by atoms with Gasteiger partial charge in [0.25, 0.3) is 0 Å². The SMILES string of the molecule is CC(CN1CCCCCC1)NCCN1CCc2ccccc2C1. The van der Waals surface area contributed by atoms with Crippen LogP contribution in [0.15, 0.2) is 24.3 Å². The first kappa shape index (κ1) is 16.9. The van der Waals surface area contributed by atoms with Gasteiger partial charge >= 0.3 is 0 Å². The minimum atomic E-state index is 0.602. The average Bonchev–Trinajstić information content (AvgIpc) is 2.83. The molecule has 1 saturated heterocycles. The van der Waals surface area contributed by atoms with Crippen LogP contribution < -0.4 is 5.32 Å². The Labute approximate surface area is 142 Å². The topological polar surface area (TPSA) is 18.5 Å². The summed E-state index contributed by atoms with van der Waals surface area (Å²) in [5.74, 6) is 0. The van der Waals surface area contributed by atoms with Crippen molar-refractivity contribution in [2.45, 2.75) is 51.6 Å². The molecular formula is C20H33N3. The number of hydrogen-bond acceptors (Lipinski definition) is 3. The maximum Gasteiger partial charge on any atom is 0.0237 e. The highest BCUT2D eigenvalue weighted by atomic mass is 15.2. The zero-order valence-electron chi connectivity index (χ0n) is 14.8. The number of rotatable bonds is 6. The lowest BCUT2D eigenvalue weighted by Crippen LogP contribution is -2.43. The first-order chi connectivity index (χ1) is 11.3. The zero-order chi connectivity index (χ0) is 15.9. The van der Waals surface area contributed by atoms with Crippen molar-refractivity contribution in [1.82, 2.24) is 15.1 Å². The van der Waals surface area contributed by atoms with E-state index in [1.165, 1.54) is 70.4 Å². The Morgan fingerprint density at radius 1 is 0.957 bits per heavy atom. The first-order valence-corrected chi connectivity index (χ1v) is 9.56. The molecule has 0 spiro atoms. The van der Waals surface area contributed by atoms with Crippen LogP contribution in [0, 0.1) is 0 Å². The van der Waals surface area contributed by atoms with E-state index in [9.17, 15) is 0 Å². The smallest absolute Gasteiger partial charge is 0.0237 e. The van der Waals surface area contributed by atoms with Crippen LogP contribution >= 0.6 is 0 Å². The van der Waals surface area contributed by atoms with E-state index in [4.69, 9.17) is 0 Å². The van der Waals surface area contributed by atoms with Gasteiger partial charge < -0.3 is 10.2 Å². The van der Waals surface area contributed by atoms with Gasteiger partial charge in [0, 0.05) is 38.8 Å². The summed E-state index contributed by atoms with van der Waals surface area (Å²) in [5, 5.41) is 3.74. The molecule has 3 nitrogen and oxygen atoms in total. The molecule has 2 aliphatic rings. The lowest BCUT2D eigenvalue weighted by atomic mass is 10.00. The van der Waals surface area contributed by atoms with Gasteiger partial charge in [-0.25, -0.2) is 0 Å². The summed E-state index contributed by atoms with van der Waals surface area (Å²) in [7, 11) is 0. The standard InChI is InChI=1S/C20H33N3/c1-18(16-22-12-6-2-3-7-13-22)21-11-15-23-14-10-19-8-4-5-9-20(19)17-23/h4-5,8-9,18,21H,2-3,6-7,10-17H2,1H3. The van der Waals surface area contributed by atoms with Crippen molar-refractivity contribution >= 4 is 0 Å². The van der Waals surface area contributed by atoms with Gasteiger partial charge in [0.05, 0.1) is 0 Å².